The van der Waals surface area contributed by atoms with Gasteiger partial charge in [0.05, 0.1) is 25.5 Å². The molecule has 166 valence electrons. The first-order valence-electron chi connectivity index (χ1n) is 10.2. The van der Waals surface area contributed by atoms with E-state index in [-0.39, 0.29) is 6.61 Å². The molecule has 1 aliphatic rings. The zero-order valence-corrected chi connectivity index (χ0v) is 18.7. The van der Waals surface area contributed by atoms with Crippen molar-refractivity contribution in [1.29, 1.82) is 0 Å². The summed E-state index contributed by atoms with van der Waals surface area (Å²) in [5.74, 6) is -0.493. The molecule has 0 radical (unpaired) electrons. The highest BCUT2D eigenvalue weighted by Gasteiger charge is 2.29. The predicted octanol–water partition coefficient (Wildman–Crippen LogP) is 4.52. The van der Waals surface area contributed by atoms with E-state index in [0.29, 0.717) is 25.5 Å². The van der Waals surface area contributed by atoms with Gasteiger partial charge in [-0.1, -0.05) is 43.9 Å². The molecule has 0 bridgehead atoms. The molecule has 0 aromatic carbocycles. The minimum absolute atomic E-state index is 0.0330. The highest BCUT2D eigenvalue weighted by molar-refractivity contribution is 5.65. The van der Waals surface area contributed by atoms with Crippen LogP contribution in [0.15, 0.2) is 60.9 Å². The highest BCUT2D eigenvalue weighted by atomic mass is 16.7. The molecule has 1 fully saturated rings. The molecule has 0 saturated carbocycles. The lowest BCUT2D eigenvalue weighted by Crippen LogP contribution is -2.24. The molecule has 0 atom stereocenters. The van der Waals surface area contributed by atoms with Gasteiger partial charge in [0.1, 0.15) is 0 Å². The summed E-state index contributed by atoms with van der Waals surface area (Å²) in [5, 5.41) is 19.0. The van der Waals surface area contributed by atoms with E-state index in [1.807, 2.05) is 50.3 Å². The number of pyridine rings is 1. The Kier molecular flexibility index (Phi) is 12.1. The van der Waals surface area contributed by atoms with E-state index in [4.69, 9.17) is 19.8 Å². The van der Waals surface area contributed by atoms with E-state index in [0.717, 1.165) is 29.0 Å². The van der Waals surface area contributed by atoms with Crippen molar-refractivity contribution in [2.45, 2.75) is 46.0 Å². The van der Waals surface area contributed by atoms with Crippen molar-refractivity contribution in [3.05, 3.63) is 72.1 Å². The monoisotopic (exact) mass is 416 g/mol. The van der Waals surface area contributed by atoms with Crippen LogP contribution in [-0.4, -0.2) is 53.0 Å². The minimum atomic E-state index is -0.493. The lowest BCUT2D eigenvalue weighted by molar-refractivity contribution is -0.138. The van der Waals surface area contributed by atoms with Crippen LogP contribution < -0.4 is 0 Å². The summed E-state index contributed by atoms with van der Waals surface area (Å²) in [4.78, 5) is 4.10. The average Bonchev–Trinajstić information content (AvgIpc) is 3.15. The largest absolute Gasteiger partial charge is 0.390 e. The Hall–Kier alpha value is -2.09. The molecule has 1 aromatic heterocycles. The predicted molar refractivity (Wildman–Crippen MR) is 121 cm³/mol. The van der Waals surface area contributed by atoms with E-state index in [9.17, 15) is 0 Å². The first-order chi connectivity index (χ1) is 14.3. The summed E-state index contributed by atoms with van der Waals surface area (Å²) in [5.41, 5.74) is 3.89. The summed E-state index contributed by atoms with van der Waals surface area (Å²) < 4.78 is 11.2. The molecule has 30 heavy (non-hydrogen) atoms. The summed E-state index contributed by atoms with van der Waals surface area (Å²) >= 11 is 0. The fourth-order valence-corrected chi connectivity index (χ4v) is 2.86. The van der Waals surface area contributed by atoms with Crippen molar-refractivity contribution in [2.75, 3.05) is 26.8 Å². The molecule has 2 rings (SSSR count). The van der Waals surface area contributed by atoms with Crippen LogP contribution in [0, 0.1) is 0 Å². The number of ether oxygens (including phenoxy) is 2. The Labute approximate surface area is 180 Å². The molecule has 6 heteroatoms. The van der Waals surface area contributed by atoms with Gasteiger partial charge in [-0.2, -0.15) is 5.06 Å². The molecule has 0 amide bonds. The van der Waals surface area contributed by atoms with Gasteiger partial charge < -0.3 is 19.8 Å². The molecule has 2 heterocycles. The normalized spacial score (nSPS) is 16.3. The van der Waals surface area contributed by atoms with Gasteiger partial charge in [0.15, 0.2) is 5.79 Å². The fraction of sp³-hybridized carbons (Fsp3) is 0.458. The van der Waals surface area contributed by atoms with Gasteiger partial charge in [-0.25, -0.2) is 0 Å². The van der Waals surface area contributed by atoms with Crippen LogP contribution in [0.3, 0.4) is 0 Å². The number of aliphatic hydroxyl groups is 1. The van der Waals surface area contributed by atoms with E-state index in [2.05, 4.69) is 24.6 Å². The number of hydroxylamine groups is 2. The number of aliphatic hydroxyl groups excluding tert-OH is 1. The molecule has 1 aliphatic heterocycles. The lowest BCUT2D eigenvalue weighted by Gasteiger charge is -2.21. The van der Waals surface area contributed by atoms with E-state index >= 15 is 0 Å². The summed E-state index contributed by atoms with van der Waals surface area (Å²) in [7, 11) is 1.59. The number of rotatable bonds is 9. The first kappa shape index (κ1) is 25.9. The van der Waals surface area contributed by atoms with Gasteiger partial charge in [0.2, 0.25) is 0 Å². The van der Waals surface area contributed by atoms with Crippen LogP contribution in [0.5, 0.6) is 0 Å². The third-order valence-electron chi connectivity index (χ3n) is 4.42. The molecule has 1 saturated heterocycles. The van der Waals surface area contributed by atoms with Gasteiger partial charge in [-0.05, 0) is 49.1 Å². The van der Waals surface area contributed by atoms with Crippen LogP contribution >= 0.6 is 0 Å². The van der Waals surface area contributed by atoms with Gasteiger partial charge in [0, 0.05) is 26.2 Å². The van der Waals surface area contributed by atoms with Crippen LogP contribution in [0.2, 0.25) is 0 Å². The zero-order chi connectivity index (χ0) is 22.4. The second-order valence-electron chi connectivity index (χ2n) is 7.17. The SMILES string of the molecule is C=C(/C=C\C=C/C)CN(C)O.CC/C(=C\CC1(C)OCCO1)c1ccnc(CO)c1. The van der Waals surface area contributed by atoms with Crippen LogP contribution in [-0.2, 0) is 16.1 Å². The number of nitrogens with zero attached hydrogens (tertiary/aromatic N) is 2. The maximum Gasteiger partial charge on any atom is 0.169 e. The summed E-state index contributed by atoms with van der Waals surface area (Å²) in [6, 6.07) is 3.89. The van der Waals surface area contributed by atoms with E-state index in [1.165, 1.54) is 5.57 Å². The molecule has 0 spiro atoms. The highest BCUT2D eigenvalue weighted by Crippen LogP contribution is 2.26. The lowest BCUT2D eigenvalue weighted by atomic mass is 10.0. The molecule has 6 nitrogen and oxygen atoms in total. The number of aromatic nitrogens is 1. The number of hydrogen-bond donors (Lipinski definition) is 2. The van der Waals surface area contributed by atoms with E-state index in [1.54, 1.807) is 13.2 Å². The van der Waals surface area contributed by atoms with Crippen molar-refractivity contribution in [3.8, 4) is 0 Å². The van der Waals surface area contributed by atoms with Gasteiger partial charge in [0.25, 0.3) is 0 Å². The molecule has 1 aromatic rings. The number of hydrogen-bond acceptors (Lipinski definition) is 6. The Bertz CT molecular complexity index is 732. The fourth-order valence-electron chi connectivity index (χ4n) is 2.86. The molecule has 0 unspecified atom stereocenters. The number of likely N-dealkylation sites (N-methyl/N-ethyl adjacent to an activating group) is 1. The zero-order valence-electron chi connectivity index (χ0n) is 18.7. The Balaban J connectivity index is 0.000000352. The maximum absolute atomic E-state index is 9.14. The van der Waals surface area contributed by atoms with Crippen molar-refractivity contribution >= 4 is 5.57 Å². The second-order valence-corrected chi connectivity index (χ2v) is 7.17. The van der Waals surface area contributed by atoms with Crippen molar-refractivity contribution in [3.63, 3.8) is 0 Å². The standard InChI is InChI=1S/C15H21NO3.C9H15NO/c1-3-12(4-6-15(2)18-8-9-19-15)13-5-7-16-14(10-13)11-17;1-4-5-6-7-9(2)8-10(3)11/h4-5,7,10,17H,3,6,8-9,11H2,1-2H3;4-7,11H,2,8H2,1,3H3/b12-4+;5-4-,7-6-. The number of allylic oxidation sites excluding steroid dienone is 4. The van der Waals surface area contributed by atoms with Crippen molar-refractivity contribution in [1.82, 2.24) is 10.0 Å². The van der Waals surface area contributed by atoms with Crippen LogP contribution in [0.1, 0.15) is 44.9 Å². The van der Waals surface area contributed by atoms with Gasteiger partial charge in [-0.3, -0.25) is 4.98 Å². The third-order valence-corrected chi connectivity index (χ3v) is 4.42. The topological polar surface area (TPSA) is 75.1 Å². The average molecular weight is 417 g/mol. The van der Waals surface area contributed by atoms with Gasteiger partial charge in [-0.15, -0.1) is 0 Å². The Morgan fingerprint density at radius 1 is 1.33 bits per heavy atom. The Morgan fingerprint density at radius 2 is 2.03 bits per heavy atom. The Morgan fingerprint density at radius 3 is 2.60 bits per heavy atom. The van der Waals surface area contributed by atoms with Crippen molar-refractivity contribution < 1.29 is 19.8 Å². The molecule has 0 aliphatic carbocycles. The second kappa shape index (κ2) is 14.0. The van der Waals surface area contributed by atoms with Crippen LogP contribution in [0.25, 0.3) is 5.57 Å². The smallest absolute Gasteiger partial charge is 0.169 e. The van der Waals surface area contributed by atoms with Crippen molar-refractivity contribution in [2.24, 2.45) is 0 Å². The summed E-state index contributed by atoms with van der Waals surface area (Å²) in [6.07, 6.45) is 13.2. The van der Waals surface area contributed by atoms with Crippen LogP contribution in [0.4, 0.5) is 0 Å². The molecular weight excluding hydrogens is 380 g/mol. The van der Waals surface area contributed by atoms with E-state index < -0.39 is 5.79 Å². The van der Waals surface area contributed by atoms with Gasteiger partial charge >= 0.3 is 0 Å². The third kappa shape index (κ3) is 10.1. The minimum Gasteiger partial charge on any atom is -0.390 e. The molecule has 2 N–H and O–H groups in total. The quantitative estimate of drug-likeness (QED) is 0.455. The first-order valence-corrected chi connectivity index (χ1v) is 10.2. The summed E-state index contributed by atoms with van der Waals surface area (Å²) in [6.45, 7) is 11.5. The molecular formula is C24H36N2O4. The maximum atomic E-state index is 9.14.